The fourth-order valence-corrected chi connectivity index (χ4v) is 3.06. The van der Waals surface area contributed by atoms with Crippen molar-refractivity contribution >= 4 is 21.6 Å². The van der Waals surface area contributed by atoms with Crippen molar-refractivity contribution < 1.29 is 8.42 Å². The molecule has 0 bridgehead atoms. The van der Waals surface area contributed by atoms with Crippen LogP contribution in [0.5, 0.6) is 0 Å². The van der Waals surface area contributed by atoms with E-state index < -0.39 is 10.0 Å². The first-order chi connectivity index (χ1) is 8.35. The van der Waals surface area contributed by atoms with Gasteiger partial charge in [-0.3, -0.25) is 4.98 Å². The second-order valence-corrected chi connectivity index (χ2v) is 6.71. The molecule has 18 heavy (non-hydrogen) atoms. The maximum atomic E-state index is 12.2. The van der Waals surface area contributed by atoms with Crippen LogP contribution < -0.4 is 0 Å². The zero-order valence-corrected chi connectivity index (χ0v) is 12.4. The standard InChI is InChI=1S/C11H18ClN3O2S/c1-14(2)7-4-8-15(3)18(16,17)11-9-13-6-5-10(11)12/h5-6,9H,4,7-8H2,1-3H3. The van der Waals surface area contributed by atoms with Crippen molar-refractivity contribution in [2.24, 2.45) is 0 Å². The van der Waals surface area contributed by atoms with Gasteiger partial charge in [-0.05, 0) is 33.1 Å². The zero-order valence-electron chi connectivity index (χ0n) is 10.8. The van der Waals surface area contributed by atoms with Gasteiger partial charge in [0, 0.05) is 26.0 Å². The topological polar surface area (TPSA) is 53.5 Å². The first-order valence-corrected chi connectivity index (χ1v) is 7.38. The van der Waals surface area contributed by atoms with E-state index in [4.69, 9.17) is 11.6 Å². The SMILES string of the molecule is CN(C)CCCN(C)S(=O)(=O)c1cnccc1Cl. The normalized spacial score (nSPS) is 12.3. The van der Waals surface area contributed by atoms with E-state index in [0.29, 0.717) is 6.54 Å². The summed E-state index contributed by atoms with van der Waals surface area (Å²) >= 11 is 5.88. The van der Waals surface area contributed by atoms with Crippen molar-refractivity contribution in [1.29, 1.82) is 0 Å². The average Bonchev–Trinajstić information content (AvgIpc) is 2.28. The van der Waals surface area contributed by atoms with E-state index in [2.05, 4.69) is 4.98 Å². The van der Waals surface area contributed by atoms with E-state index in [1.165, 1.54) is 22.8 Å². The minimum Gasteiger partial charge on any atom is -0.309 e. The largest absolute Gasteiger partial charge is 0.309 e. The number of rotatable bonds is 6. The molecule has 1 aromatic rings. The quantitative estimate of drug-likeness (QED) is 0.793. The third-order valence-corrected chi connectivity index (χ3v) is 4.83. The van der Waals surface area contributed by atoms with Crippen LogP contribution in [0.3, 0.4) is 0 Å². The fourth-order valence-electron chi connectivity index (χ4n) is 1.45. The van der Waals surface area contributed by atoms with E-state index in [1.54, 1.807) is 7.05 Å². The van der Waals surface area contributed by atoms with Gasteiger partial charge in [0.15, 0.2) is 0 Å². The Morgan fingerprint density at radius 3 is 2.50 bits per heavy atom. The molecule has 0 aliphatic rings. The van der Waals surface area contributed by atoms with Crippen LogP contribution in [0, 0.1) is 0 Å². The molecule has 0 aliphatic heterocycles. The number of sulfonamides is 1. The van der Waals surface area contributed by atoms with Crippen LogP contribution in [0.1, 0.15) is 6.42 Å². The fraction of sp³-hybridized carbons (Fsp3) is 0.545. The predicted molar refractivity (Wildman–Crippen MR) is 72.2 cm³/mol. The van der Waals surface area contributed by atoms with Crippen molar-refractivity contribution in [3.63, 3.8) is 0 Å². The summed E-state index contributed by atoms with van der Waals surface area (Å²) in [6.07, 6.45) is 3.51. The van der Waals surface area contributed by atoms with Crippen LogP contribution in [-0.4, -0.2) is 56.8 Å². The Morgan fingerprint density at radius 2 is 1.94 bits per heavy atom. The molecular weight excluding hydrogens is 274 g/mol. The van der Waals surface area contributed by atoms with E-state index >= 15 is 0 Å². The first-order valence-electron chi connectivity index (χ1n) is 5.56. The molecule has 0 amide bonds. The van der Waals surface area contributed by atoms with Crippen molar-refractivity contribution in [3.05, 3.63) is 23.5 Å². The minimum absolute atomic E-state index is 0.0546. The van der Waals surface area contributed by atoms with Gasteiger partial charge >= 0.3 is 0 Å². The first kappa shape index (κ1) is 15.4. The van der Waals surface area contributed by atoms with Crippen molar-refractivity contribution in [2.75, 3.05) is 34.2 Å². The highest BCUT2D eigenvalue weighted by molar-refractivity contribution is 7.89. The molecule has 7 heteroatoms. The molecule has 102 valence electrons. The maximum absolute atomic E-state index is 12.2. The van der Waals surface area contributed by atoms with Gasteiger partial charge in [-0.25, -0.2) is 12.7 Å². The minimum atomic E-state index is -3.55. The van der Waals surface area contributed by atoms with Crippen LogP contribution in [0.15, 0.2) is 23.4 Å². The summed E-state index contributed by atoms with van der Waals surface area (Å²) in [6, 6.07) is 1.47. The molecule has 0 unspecified atom stereocenters. The molecule has 0 fully saturated rings. The van der Waals surface area contributed by atoms with Gasteiger partial charge < -0.3 is 4.90 Å². The molecule has 0 atom stereocenters. The summed E-state index contributed by atoms with van der Waals surface area (Å²) < 4.78 is 25.7. The Labute approximate surface area is 113 Å². The highest BCUT2D eigenvalue weighted by atomic mass is 35.5. The number of nitrogens with zero attached hydrogens (tertiary/aromatic N) is 3. The van der Waals surface area contributed by atoms with Crippen molar-refractivity contribution in [1.82, 2.24) is 14.2 Å². The smallest absolute Gasteiger partial charge is 0.245 e. The van der Waals surface area contributed by atoms with Gasteiger partial charge in [-0.15, -0.1) is 0 Å². The summed E-state index contributed by atoms with van der Waals surface area (Å²) in [4.78, 5) is 5.87. The Kier molecular flexibility index (Phi) is 5.52. The van der Waals surface area contributed by atoms with E-state index in [1.807, 2.05) is 19.0 Å². The zero-order chi connectivity index (χ0) is 13.8. The lowest BCUT2D eigenvalue weighted by Gasteiger charge is -2.18. The molecule has 1 rings (SSSR count). The summed E-state index contributed by atoms with van der Waals surface area (Å²) in [7, 11) is 1.90. The second-order valence-electron chi connectivity index (χ2n) is 4.29. The van der Waals surface area contributed by atoms with Gasteiger partial charge in [0.2, 0.25) is 10.0 Å². The van der Waals surface area contributed by atoms with E-state index in [9.17, 15) is 8.42 Å². The third kappa shape index (κ3) is 3.91. The number of hydrogen-bond donors (Lipinski definition) is 0. The molecule has 1 heterocycles. The lowest BCUT2D eigenvalue weighted by Crippen LogP contribution is -2.30. The van der Waals surface area contributed by atoms with Gasteiger partial charge in [0.25, 0.3) is 0 Å². The van der Waals surface area contributed by atoms with Crippen molar-refractivity contribution in [2.45, 2.75) is 11.3 Å². The van der Waals surface area contributed by atoms with Crippen LogP contribution in [-0.2, 0) is 10.0 Å². The van der Waals surface area contributed by atoms with Gasteiger partial charge in [-0.2, -0.15) is 0 Å². The molecule has 5 nitrogen and oxygen atoms in total. The molecule has 1 aromatic heterocycles. The Bertz CT molecular complexity index is 491. The lowest BCUT2D eigenvalue weighted by atomic mass is 10.4. The summed E-state index contributed by atoms with van der Waals surface area (Å²) in [5, 5.41) is 0.199. The molecule has 0 N–H and O–H groups in total. The van der Waals surface area contributed by atoms with Crippen LogP contribution in [0.2, 0.25) is 5.02 Å². The number of halogens is 1. The van der Waals surface area contributed by atoms with E-state index in [-0.39, 0.29) is 9.92 Å². The summed E-state index contributed by atoms with van der Waals surface area (Å²) in [5.41, 5.74) is 0. The summed E-state index contributed by atoms with van der Waals surface area (Å²) in [5.74, 6) is 0. The molecule has 0 saturated heterocycles. The molecule has 0 aromatic carbocycles. The second kappa shape index (κ2) is 6.47. The van der Waals surface area contributed by atoms with Crippen LogP contribution in [0.25, 0.3) is 0 Å². The van der Waals surface area contributed by atoms with E-state index in [0.717, 1.165) is 13.0 Å². The molecule has 0 saturated carbocycles. The maximum Gasteiger partial charge on any atom is 0.245 e. The highest BCUT2D eigenvalue weighted by Crippen LogP contribution is 2.22. The predicted octanol–water partition coefficient (Wildman–Crippen LogP) is 1.31. The van der Waals surface area contributed by atoms with Gasteiger partial charge in [0.05, 0.1) is 5.02 Å². The molecule has 0 spiro atoms. The van der Waals surface area contributed by atoms with Crippen LogP contribution in [0.4, 0.5) is 0 Å². The van der Waals surface area contributed by atoms with Crippen molar-refractivity contribution in [3.8, 4) is 0 Å². The Morgan fingerprint density at radius 1 is 1.28 bits per heavy atom. The monoisotopic (exact) mass is 291 g/mol. The Hall–Kier alpha value is -0.690. The average molecular weight is 292 g/mol. The number of hydrogen-bond acceptors (Lipinski definition) is 4. The van der Waals surface area contributed by atoms with Crippen LogP contribution >= 0.6 is 11.6 Å². The number of aromatic nitrogens is 1. The molecule has 0 radical (unpaired) electrons. The highest BCUT2D eigenvalue weighted by Gasteiger charge is 2.23. The Balaban J connectivity index is 2.78. The molecule has 0 aliphatic carbocycles. The van der Waals surface area contributed by atoms with Gasteiger partial charge in [-0.1, -0.05) is 11.6 Å². The van der Waals surface area contributed by atoms with Gasteiger partial charge in [0.1, 0.15) is 4.90 Å². The molecular formula is C11H18ClN3O2S. The number of pyridine rings is 1. The summed E-state index contributed by atoms with van der Waals surface area (Å²) in [6.45, 7) is 1.28. The third-order valence-electron chi connectivity index (χ3n) is 2.50. The lowest BCUT2D eigenvalue weighted by molar-refractivity contribution is 0.370.